The molecular weight excluding hydrogens is 321 g/mol. The summed E-state index contributed by atoms with van der Waals surface area (Å²) in [6.45, 7) is 3.14. The number of anilines is 1. The zero-order chi connectivity index (χ0) is 14.3. The predicted molar refractivity (Wildman–Crippen MR) is 82.9 cm³/mol. The van der Waals surface area contributed by atoms with Crippen LogP contribution < -0.4 is 5.73 Å². The van der Waals surface area contributed by atoms with Crippen LogP contribution in [0, 0.1) is 17.7 Å². The van der Waals surface area contributed by atoms with Gasteiger partial charge in [0.1, 0.15) is 5.82 Å². The number of imidazole rings is 1. The Hall–Kier alpha value is -1.10. The third-order valence-corrected chi connectivity index (χ3v) is 5.13. The summed E-state index contributed by atoms with van der Waals surface area (Å²) in [4.78, 5) is 4.35. The number of benzene rings is 1. The molecule has 2 unspecified atom stereocenters. The summed E-state index contributed by atoms with van der Waals surface area (Å²) in [6, 6.07) is 3.22. The average Bonchev–Trinajstić information content (AvgIpc) is 2.69. The SMILES string of the molecule is CC1CCCCC1Cn1c(N)nc2cc(Br)c(F)cc21. The fourth-order valence-corrected chi connectivity index (χ4v) is 3.56. The molecule has 1 aromatic carbocycles. The highest BCUT2D eigenvalue weighted by Crippen LogP contribution is 2.33. The van der Waals surface area contributed by atoms with Gasteiger partial charge in [-0.25, -0.2) is 9.37 Å². The molecule has 3 nitrogen and oxygen atoms in total. The van der Waals surface area contributed by atoms with Gasteiger partial charge in [0.05, 0.1) is 15.5 Å². The molecule has 108 valence electrons. The van der Waals surface area contributed by atoms with Crippen LogP contribution in [0.1, 0.15) is 32.6 Å². The number of fused-ring (bicyclic) bond motifs is 1. The van der Waals surface area contributed by atoms with E-state index in [1.54, 1.807) is 6.07 Å². The van der Waals surface area contributed by atoms with E-state index in [0.29, 0.717) is 22.3 Å². The normalized spacial score (nSPS) is 23.4. The Morgan fingerprint density at radius 2 is 2.15 bits per heavy atom. The van der Waals surface area contributed by atoms with E-state index >= 15 is 0 Å². The summed E-state index contributed by atoms with van der Waals surface area (Å²) < 4.78 is 16.2. The highest BCUT2D eigenvalue weighted by atomic mass is 79.9. The van der Waals surface area contributed by atoms with Crippen molar-refractivity contribution in [2.24, 2.45) is 11.8 Å². The number of nitrogens with zero attached hydrogens (tertiary/aromatic N) is 2. The lowest BCUT2D eigenvalue weighted by molar-refractivity contribution is 0.231. The molecule has 1 saturated carbocycles. The Kier molecular flexibility index (Phi) is 3.71. The maximum absolute atomic E-state index is 13.8. The standard InChI is InChI=1S/C15H19BrFN3/c1-9-4-2-3-5-10(9)8-20-14-7-12(17)11(16)6-13(14)19-15(20)18/h6-7,9-10H,2-5,8H2,1H3,(H2,18,19). The number of halogens is 2. The first-order chi connectivity index (χ1) is 9.56. The molecule has 2 N–H and O–H groups in total. The molecule has 1 fully saturated rings. The van der Waals surface area contributed by atoms with Gasteiger partial charge < -0.3 is 10.3 Å². The number of aromatic nitrogens is 2. The van der Waals surface area contributed by atoms with Crippen molar-refractivity contribution in [3.8, 4) is 0 Å². The van der Waals surface area contributed by atoms with Crippen LogP contribution in [0.25, 0.3) is 11.0 Å². The van der Waals surface area contributed by atoms with Crippen molar-refractivity contribution < 1.29 is 4.39 Å². The molecule has 0 bridgehead atoms. The van der Waals surface area contributed by atoms with E-state index in [1.807, 2.05) is 4.57 Å². The predicted octanol–water partition coefficient (Wildman–Crippen LogP) is 4.35. The highest BCUT2D eigenvalue weighted by molar-refractivity contribution is 9.10. The number of hydrogen-bond donors (Lipinski definition) is 1. The number of hydrogen-bond acceptors (Lipinski definition) is 2. The maximum atomic E-state index is 13.8. The molecule has 0 radical (unpaired) electrons. The second-order valence-electron chi connectivity index (χ2n) is 5.86. The fraction of sp³-hybridized carbons (Fsp3) is 0.533. The third-order valence-electron chi connectivity index (χ3n) is 4.53. The van der Waals surface area contributed by atoms with Gasteiger partial charge >= 0.3 is 0 Å². The van der Waals surface area contributed by atoms with Crippen LogP contribution in [0.3, 0.4) is 0 Å². The van der Waals surface area contributed by atoms with Crippen molar-refractivity contribution in [2.45, 2.75) is 39.2 Å². The van der Waals surface area contributed by atoms with E-state index in [-0.39, 0.29) is 5.82 Å². The summed E-state index contributed by atoms with van der Waals surface area (Å²) in [5.74, 6) is 1.52. The lowest BCUT2D eigenvalue weighted by atomic mass is 9.80. The monoisotopic (exact) mass is 339 g/mol. The van der Waals surface area contributed by atoms with Gasteiger partial charge in [-0.3, -0.25) is 0 Å². The quantitative estimate of drug-likeness (QED) is 0.883. The Bertz CT molecular complexity index is 638. The molecule has 1 aromatic heterocycles. The molecule has 0 spiro atoms. The lowest BCUT2D eigenvalue weighted by Crippen LogP contribution is -2.22. The van der Waals surface area contributed by atoms with E-state index in [0.717, 1.165) is 17.6 Å². The van der Waals surface area contributed by atoms with E-state index < -0.39 is 0 Å². The molecule has 2 aromatic rings. The van der Waals surface area contributed by atoms with Crippen molar-refractivity contribution in [1.29, 1.82) is 0 Å². The van der Waals surface area contributed by atoms with Gasteiger partial charge in [0.15, 0.2) is 0 Å². The molecule has 1 heterocycles. The van der Waals surface area contributed by atoms with Crippen molar-refractivity contribution in [3.05, 3.63) is 22.4 Å². The molecule has 1 aliphatic rings. The third kappa shape index (κ3) is 2.43. The zero-order valence-corrected chi connectivity index (χ0v) is 13.2. The average molecular weight is 340 g/mol. The summed E-state index contributed by atoms with van der Waals surface area (Å²) in [5, 5.41) is 0. The van der Waals surface area contributed by atoms with Crippen LogP contribution >= 0.6 is 15.9 Å². The van der Waals surface area contributed by atoms with Crippen molar-refractivity contribution in [3.63, 3.8) is 0 Å². The first-order valence-corrected chi connectivity index (χ1v) is 7.96. The number of nitrogen functional groups attached to an aromatic ring is 1. The summed E-state index contributed by atoms with van der Waals surface area (Å²) in [5.41, 5.74) is 7.57. The maximum Gasteiger partial charge on any atom is 0.201 e. The highest BCUT2D eigenvalue weighted by Gasteiger charge is 2.23. The van der Waals surface area contributed by atoms with Gasteiger partial charge in [0, 0.05) is 12.6 Å². The number of nitrogens with two attached hydrogens (primary N) is 1. The minimum Gasteiger partial charge on any atom is -0.369 e. The smallest absolute Gasteiger partial charge is 0.201 e. The van der Waals surface area contributed by atoms with Crippen molar-refractivity contribution in [1.82, 2.24) is 9.55 Å². The molecule has 1 aliphatic carbocycles. The molecule has 0 aliphatic heterocycles. The zero-order valence-electron chi connectivity index (χ0n) is 11.6. The molecule has 5 heteroatoms. The Labute approximate surface area is 126 Å². The van der Waals surface area contributed by atoms with Crippen LogP contribution in [-0.2, 0) is 6.54 Å². The van der Waals surface area contributed by atoms with Crippen LogP contribution in [-0.4, -0.2) is 9.55 Å². The Balaban J connectivity index is 1.98. The number of rotatable bonds is 2. The molecule has 0 saturated heterocycles. The van der Waals surface area contributed by atoms with E-state index in [4.69, 9.17) is 5.73 Å². The van der Waals surface area contributed by atoms with Gasteiger partial charge in [-0.15, -0.1) is 0 Å². The first kappa shape index (κ1) is 13.9. The Morgan fingerprint density at radius 1 is 1.40 bits per heavy atom. The van der Waals surface area contributed by atoms with Gasteiger partial charge in [-0.05, 0) is 40.3 Å². The molecule has 0 amide bonds. The van der Waals surface area contributed by atoms with Gasteiger partial charge in [0.25, 0.3) is 0 Å². The molecule has 20 heavy (non-hydrogen) atoms. The summed E-state index contributed by atoms with van der Waals surface area (Å²) in [7, 11) is 0. The topological polar surface area (TPSA) is 43.8 Å². The minimum atomic E-state index is -0.268. The summed E-state index contributed by atoms with van der Waals surface area (Å²) >= 11 is 3.19. The summed E-state index contributed by atoms with van der Waals surface area (Å²) in [6.07, 6.45) is 5.09. The van der Waals surface area contributed by atoms with E-state index in [2.05, 4.69) is 27.8 Å². The molecular formula is C15H19BrFN3. The second-order valence-corrected chi connectivity index (χ2v) is 6.71. The van der Waals surface area contributed by atoms with Crippen LogP contribution in [0.5, 0.6) is 0 Å². The molecule has 3 rings (SSSR count). The van der Waals surface area contributed by atoms with Crippen LogP contribution in [0.15, 0.2) is 16.6 Å². The minimum absolute atomic E-state index is 0.268. The van der Waals surface area contributed by atoms with Crippen molar-refractivity contribution >= 4 is 32.9 Å². The Morgan fingerprint density at radius 3 is 2.90 bits per heavy atom. The second kappa shape index (κ2) is 5.35. The molecule has 2 atom stereocenters. The first-order valence-electron chi connectivity index (χ1n) is 7.17. The van der Waals surface area contributed by atoms with Gasteiger partial charge in [-0.1, -0.05) is 26.2 Å². The van der Waals surface area contributed by atoms with Crippen molar-refractivity contribution in [2.75, 3.05) is 5.73 Å². The van der Waals surface area contributed by atoms with Gasteiger partial charge in [-0.2, -0.15) is 0 Å². The lowest BCUT2D eigenvalue weighted by Gasteiger charge is -2.29. The van der Waals surface area contributed by atoms with Gasteiger partial charge in [0.2, 0.25) is 5.95 Å². The largest absolute Gasteiger partial charge is 0.369 e. The van der Waals surface area contributed by atoms with Crippen LogP contribution in [0.4, 0.5) is 10.3 Å². The van der Waals surface area contributed by atoms with E-state index in [1.165, 1.54) is 31.7 Å². The van der Waals surface area contributed by atoms with E-state index in [9.17, 15) is 4.39 Å². The fourth-order valence-electron chi connectivity index (χ4n) is 3.23. The van der Waals surface area contributed by atoms with Crippen LogP contribution in [0.2, 0.25) is 0 Å².